The van der Waals surface area contributed by atoms with Crippen LogP contribution in [-0.2, 0) is 16.0 Å². The SMILES string of the molecule is COCCNC(=O)CCc1c(C)nc(SC(F)F)[nH]c1=O. The third-order valence-corrected chi connectivity index (χ3v) is 3.23. The summed E-state index contributed by atoms with van der Waals surface area (Å²) in [5, 5.41) is 2.51. The molecule has 0 spiro atoms. The van der Waals surface area contributed by atoms with Crippen molar-refractivity contribution in [1.29, 1.82) is 0 Å². The Labute approximate surface area is 124 Å². The number of rotatable bonds is 8. The van der Waals surface area contributed by atoms with Crippen molar-refractivity contribution < 1.29 is 18.3 Å². The van der Waals surface area contributed by atoms with Crippen LogP contribution in [0.5, 0.6) is 0 Å². The third kappa shape index (κ3) is 6.21. The van der Waals surface area contributed by atoms with Gasteiger partial charge in [0.15, 0.2) is 5.16 Å². The van der Waals surface area contributed by atoms with Crippen molar-refractivity contribution in [2.45, 2.75) is 30.7 Å². The molecule has 0 saturated heterocycles. The predicted octanol–water partition coefficient (Wildman–Crippen LogP) is 1.09. The molecule has 118 valence electrons. The highest BCUT2D eigenvalue weighted by Gasteiger charge is 2.13. The van der Waals surface area contributed by atoms with Crippen LogP contribution in [-0.4, -0.2) is 41.9 Å². The Balaban J connectivity index is 2.63. The molecule has 1 heterocycles. The Morgan fingerprint density at radius 1 is 1.52 bits per heavy atom. The van der Waals surface area contributed by atoms with Crippen molar-refractivity contribution in [2.24, 2.45) is 0 Å². The van der Waals surface area contributed by atoms with Gasteiger partial charge in [0.2, 0.25) is 5.91 Å². The summed E-state index contributed by atoms with van der Waals surface area (Å²) in [6.07, 6.45) is 0.323. The number of hydrogen-bond acceptors (Lipinski definition) is 5. The zero-order valence-corrected chi connectivity index (χ0v) is 12.6. The third-order valence-electron chi connectivity index (χ3n) is 2.63. The fourth-order valence-electron chi connectivity index (χ4n) is 1.64. The van der Waals surface area contributed by atoms with E-state index in [0.717, 1.165) is 0 Å². The van der Waals surface area contributed by atoms with Crippen LogP contribution < -0.4 is 10.9 Å². The number of amides is 1. The van der Waals surface area contributed by atoms with Gasteiger partial charge in [-0.05, 0) is 25.1 Å². The van der Waals surface area contributed by atoms with E-state index >= 15 is 0 Å². The fourth-order valence-corrected chi connectivity index (χ4v) is 2.15. The number of H-pyrrole nitrogens is 1. The van der Waals surface area contributed by atoms with Gasteiger partial charge in [-0.15, -0.1) is 0 Å². The largest absolute Gasteiger partial charge is 0.383 e. The van der Waals surface area contributed by atoms with Gasteiger partial charge in [0.05, 0.1) is 6.61 Å². The number of alkyl halides is 2. The van der Waals surface area contributed by atoms with E-state index in [4.69, 9.17) is 4.74 Å². The lowest BCUT2D eigenvalue weighted by Crippen LogP contribution is -2.28. The molecule has 0 aliphatic carbocycles. The van der Waals surface area contributed by atoms with Gasteiger partial charge in [-0.3, -0.25) is 9.59 Å². The van der Waals surface area contributed by atoms with Gasteiger partial charge >= 0.3 is 0 Å². The minimum absolute atomic E-state index is 0.122. The van der Waals surface area contributed by atoms with Crippen molar-refractivity contribution in [2.75, 3.05) is 20.3 Å². The number of ether oxygens (including phenoxy) is 1. The second-order valence-corrected chi connectivity index (χ2v) is 5.14. The molecule has 0 aliphatic rings. The van der Waals surface area contributed by atoms with E-state index in [0.29, 0.717) is 24.4 Å². The number of carbonyl (C=O) groups excluding carboxylic acids is 1. The van der Waals surface area contributed by atoms with Crippen LogP contribution >= 0.6 is 11.8 Å². The number of nitrogens with one attached hydrogen (secondary N) is 2. The number of aromatic amines is 1. The number of carbonyl (C=O) groups is 1. The lowest BCUT2D eigenvalue weighted by Gasteiger charge is -2.07. The smallest absolute Gasteiger partial charge is 0.291 e. The van der Waals surface area contributed by atoms with Crippen molar-refractivity contribution in [3.8, 4) is 0 Å². The van der Waals surface area contributed by atoms with Crippen molar-refractivity contribution in [1.82, 2.24) is 15.3 Å². The number of halogens is 2. The normalized spacial score (nSPS) is 10.9. The van der Waals surface area contributed by atoms with Crippen LogP contribution in [0.25, 0.3) is 0 Å². The summed E-state index contributed by atoms with van der Waals surface area (Å²) >= 11 is 0.180. The van der Waals surface area contributed by atoms with Crippen LogP contribution in [0.4, 0.5) is 8.78 Å². The molecule has 2 N–H and O–H groups in total. The quantitative estimate of drug-likeness (QED) is 0.425. The summed E-state index contributed by atoms with van der Waals surface area (Å²) < 4.78 is 29.2. The van der Waals surface area contributed by atoms with Crippen molar-refractivity contribution in [3.63, 3.8) is 0 Å². The second kappa shape index (κ2) is 8.73. The van der Waals surface area contributed by atoms with E-state index < -0.39 is 11.3 Å². The van der Waals surface area contributed by atoms with Crippen LogP contribution in [0.15, 0.2) is 9.95 Å². The average Bonchev–Trinajstić information content (AvgIpc) is 2.37. The second-order valence-electron chi connectivity index (χ2n) is 4.16. The minimum atomic E-state index is -2.65. The van der Waals surface area contributed by atoms with Gasteiger partial charge < -0.3 is 15.0 Å². The van der Waals surface area contributed by atoms with Gasteiger partial charge in [0, 0.05) is 31.3 Å². The van der Waals surface area contributed by atoms with Crippen molar-refractivity contribution >= 4 is 17.7 Å². The van der Waals surface area contributed by atoms with E-state index in [1.165, 1.54) is 7.11 Å². The molecule has 6 nitrogen and oxygen atoms in total. The van der Waals surface area contributed by atoms with Crippen LogP contribution in [0.1, 0.15) is 17.7 Å². The van der Waals surface area contributed by atoms with Crippen molar-refractivity contribution in [3.05, 3.63) is 21.6 Å². The van der Waals surface area contributed by atoms with Gasteiger partial charge in [-0.2, -0.15) is 8.78 Å². The highest BCUT2D eigenvalue weighted by Crippen LogP contribution is 2.20. The van der Waals surface area contributed by atoms with E-state index in [2.05, 4.69) is 15.3 Å². The molecule has 0 unspecified atom stereocenters. The first-order valence-electron chi connectivity index (χ1n) is 6.24. The highest BCUT2D eigenvalue weighted by molar-refractivity contribution is 7.99. The Morgan fingerprint density at radius 2 is 2.24 bits per heavy atom. The molecule has 1 aromatic rings. The summed E-state index contributed by atoms with van der Waals surface area (Å²) in [6.45, 7) is 2.36. The summed E-state index contributed by atoms with van der Waals surface area (Å²) in [6, 6.07) is 0. The molecule has 1 aromatic heterocycles. The molecular weight excluding hydrogens is 304 g/mol. The standard InChI is InChI=1S/C12H17F2N3O3S/c1-7-8(3-4-9(18)15-5-6-20-2)10(19)17-12(16-7)21-11(13)14/h11H,3-6H2,1-2H3,(H,15,18)(H,16,17,19). The monoisotopic (exact) mass is 321 g/mol. The Bertz CT molecular complexity index is 537. The van der Waals surface area contributed by atoms with Crippen LogP contribution in [0, 0.1) is 6.92 Å². The summed E-state index contributed by atoms with van der Waals surface area (Å²) in [7, 11) is 1.53. The zero-order chi connectivity index (χ0) is 15.8. The molecule has 0 saturated carbocycles. The first-order valence-corrected chi connectivity index (χ1v) is 7.12. The molecule has 0 aromatic carbocycles. The van der Waals surface area contributed by atoms with Gasteiger partial charge in [0.1, 0.15) is 0 Å². The molecule has 0 atom stereocenters. The summed E-state index contributed by atoms with van der Waals surface area (Å²) in [5.41, 5.74) is 0.192. The molecule has 9 heteroatoms. The maximum absolute atomic E-state index is 12.2. The molecule has 1 amide bonds. The van der Waals surface area contributed by atoms with E-state index in [-0.39, 0.29) is 35.7 Å². The van der Waals surface area contributed by atoms with E-state index in [1.54, 1.807) is 6.92 Å². The number of nitrogens with zero attached hydrogens (tertiary/aromatic N) is 1. The lowest BCUT2D eigenvalue weighted by atomic mass is 10.1. The first-order chi connectivity index (χ1) is 9.93. The Hall–Kier alpha value is -1.48. The minimum Gasteiger partial charge on any atom is -0.383 e. The summed E-state index contributed by atoms with van der Waals surface area (Å²) in [4.78, 5) is 29.5. The number of methoxy groups -OCH3 is 1. The molecule has 1 rings (SSSR count). The highest BCUT2D eigenvalue weighted by atomic mass is 32.2. The van der Waals surface area contributed by atoms with Gasteiger partial charge in [-0.1, -0.05) is 0 Å². The average molecular weight is 321 g/mol. The maximum atomic E-state index is 12.2. The first kappa shape index (κ1) is 17.6. The molecular formula is C12H17F2N3O3S. The van der Waals surface area contributed by atoms with E-state index in [1.807, 2.05) is 0 Å². The number of aryl methyl sites for hydroxylation is 1. The zero-order valence-electron chi connectivity index (χ0n) is 11.7. The topological polar surface area (TPSA) is 84.1 Å². The predicted molar refractivity (Wildman–Crippen MR) is 74.7 cm³/mol. The molecule has 21 heavy (non-hydrogen) atoms. The molecule has 0 bridgehead atoms. The molecule has 0 radical (unpaired) electrons. The Morgan fingerprint density at radius 3 is 2.81 bits per heavy atom. The summed E-state index contributed by atoms with van der Waals surface area (Å²) in [5.74, 6) is -2.86. The molecule has 0 aliphatic heterocycles. The number of aromatic nitrogens is 2. The van der Waals surface area contributed by atoms with Gasteiger partial charge in [-0.25, -0.2) is 4.98 Å². The number of hydrogen-bond donors (Lipinski definition) is 2. The maximum Gasteiger partial charge on any atom is 0.291 e. The van der Waals surface area contributed by atoms with E-state index in [9.17, 15) is 18.4 Å². The molecule has 0 fully saturated rings. The van der Waals surface area contributed by atoms with Gasteiger partial charge in [0.25, 0.3) is 11.3 Å². The number of thioether (sulfide) groups is 1. The fraction of sp³-hybridized carbons (Fsp3) is 0.583. The van der Waals surface area contributed by atoms with Crippen LogP contribution in [0.3, 0.4) is 0 Å². The van der Waals surface area contributed by atoms with Crippen LogP contribution in [0.2, 0.25) is 0 Å². The lowest BCUT2D eigenvalue weighted by molar-refractivity contribution is -0.121. The Kier molecular flexibility index (Phi) is 7.30.